The van der Waals surface area contributed by atoms with E-state index in [-0.39, 0.29) is 6.03 Å². The zero-order valence-corrected chi connectivity index (χ0v) is 9.24. The van der Waals surface area contributed by atoms with Gasteiger partial charge in [0.25, 0.3) is 0 Å². The molecule has 0 N–H and O–H groups in total. The molecule has 0 aliphatic carbocycles. The van der Waals surface area contributed by atoms with Crippen molar-refractivity contribution in [2.75, 3.05) is 11.9 Å². The minimum atomic E-state index is -0.259. The number of rotatable bonds is 1. The van der Waals surface area contributed by atoms with E-state index in [0.717, 1.165) is 0 Å². The normalized spacial score (nSPS) is 9.65. The number of para-hydroxylation sites is 1. The van der Waals surface area contributed by atoms with Crippen molar-refractivity contribution >= 4 is 11.7 Å². The highest BCUT2D eigenvalue weighted by Gasteiger charge is 2.15. The summed E-state index contributed by atoms with van der Waals surface area (Å²) in [6, 6.07) is 8.75. The fourth-order valence-electron chi connectivity index (χ4n) is 1.51. The number of imidazole rings is 1. The molecule has 0 atom stereocenters. The second kappa shape index (κ2) is 4.49. The molecule has 5 heteroatoms. The molecule has 1 aromatic carbocycles. The number of hydrogen-bond donors (Lipinski definition) is 0. The lowest BCUT2D eigenvalue weighted by molar-refractivity contribution is 0.249. The Bertz CT molecular complexity index is 568. The summed E-state index contributed by atoms with van der Waals surface area (Å²) in [5.74, 6) is 0. The standard InChI is InChI=1S/C12H10N4O/c1-15(12(17)16-7-6-14-9-16)11-5-3-2-4-10(11)8-13/h2-7,9H,1H3. The minimum absolute atomic E-state index is 0.259. The van der Waals surface area contributed by atoms with E-state index in [9.17, 15) is 4.79 Å². The molecule has 0 fully saturated rings. The first-order valence-electron chi connectivity index (χ1n) is 4.99. The van der Waals surface area contributed by atoms with E-state index in [1.807, 2.05) is 0 Å². The first kappa shape index (κ1) is 10.9. The number of aromatic nitrogens is 2. The Morgan fingerprint density at radius 3 is 2.88 bits per heavy atom. The highest BCUT2D eigenvalue weighted by molar-refractivity contribution is 5.94. The number of amides is 1. The van der Waals surface area contributed by atoms with Gasteiger partial charge in [0.15, 0.2) is 0 Å². The average molecular weight is 226 g/mol. The van der Waals surface area contributed by atoms with Gasteiger partial charge in [-0.25, -0.2) is 9.78 Å². The Labute approximate surface area is 98.5 Å². The molecule has 0 saturated carbocycles. The maximum atomic E-state index is 12.0. The van der Waals surface area contributed by atoms with Crippen molar-refractivity contribution in [3.8, 4) is 6.07 Å². The van der Waals surface area contributed by atoms with Gasteiger partial charge in [-0.3, -0.25) is 9.47 Å². The summed E-state index contributed by atoms with van der Waals surface area (Å²) >= 11 is 0. The van der Waals surface area contributed by atoms with Crippen LogP contribution in [0.2, 0.25) is 0 Å². The van der Waals surface area contributed by atoms with Crippen LogP contribution in [0.1, 0.15) is 5.56 Å². The van der Waals surface area contributed by atoms with Crippen LogP contribution in [-0.4, -0.2) is 22.6 Å². The lowest BCUT2D eigenvalue weighted by Crippen LogP contribution is -2.30. The molecular weight excluding hydrogens is 216 g/mol. The van der Waals surface area contributed by atoms with Gasteiger partial charge in [0, 0.05) is 19.4 Å². The molecule has 0 saturated heterocycles. The minimum Gasteiger partial charge on any atom is -0.295 e. The summed E-state index contributed by atoms with van der Waals surface area (Å²) < 4.78 is 1.36. The highest BCUT2D eigenvalue weighted by Crippen LogP contribution is 2.18. The molecular formula is C12H10N4O. The van der Waals surface area contributed by atoms with Gasteiger partial charge in [-0.2, -0.15) is 5.26 Å². The molecule has 0 unspecified atom stereocenters. The van der Waals surface area contributed by atoms with Crippen LogP contribution in [0.5, 0.6) is 0 Å². The van der Waals surface area contributed by atoms with Gasteiger partial charge >= 0.3 is 6.03 Å². The van der Waals surface area contributed by atoms with Crippen LogP contribution >= 0.6 is 0 Å². The third-order valence-electron chi connectivity index (χ3n) is 2.40. The largest absolute Gasteiger partial charge is 0.333 e. The van der Waals surface area contributed by atoms with Crippen molar-refractivity contribution in [1.82, 2.24) is 9.55 Å². The number of carbonyl (C=O) groups excluding carboxylic acids is 1. The van der Waals surface area contributed by atoms with Crippen molar-refractivity contribution in [2.24, 2.45) is 0 Å². The Balaban J connectivity index is 2.35. The summed E-state index contributed by atoms with van der Waals surface area (Å²) in [5.41, 5.74) is 1.04. The van der Waals surface area contributed by atoms with Crippen LogP contribution < -0.4 is 4.90 Å². The van der Waals surface area contributed by atoms with E-state index in [1.54, 1.807) is 37.5 Å². The zero-order chi connectivity index (χ0) is 12.3. The number of benzene rings is 1. The fourth-order valence-corrected chi connectivity index (χ4v) is 1.51. The molecule has 1 aromatic heterocycles. The molecule has 0 aliphatic heterocycles. The molecule has 1 heterocycles. The van der Waals surface area contributed by atoms with E-state index in [2.05, 4.69) is 11.1 Å². The molecule has 84 valence electrons. The van der Waals surface area contributed by atoms with E-state index >= 15 is 0 Å². The number of nitrogens with zero attached hydrogens (tertiary/aromatic N) is 4. The van der Waals surface area contributed by atoms with Crippen LogP contribution in [0.25, 0.3) is 0 Å². The first-order chi connectivity index (χ1) is 8.24. The number of hydrogen-bond acceptors (Lipinski definition) is 3. The number of anilines is 1. The van der Waals surface area contributed by atoms with Crippen LogP contribution in [0.3, 0.4) is 0 Å². The molecule has 0 aliphatic rings. The Morgan fingerprint density at radius 2 is 2.24 bits per heavy atom. The summed E-state index contributed by atoms with van der Waals surface area (Å²) in [4.78, 5) is 17.2. The molecule has 0 radical (unpaired) electrons. The monoisotopic (exact) mass is 226 g/mol. The van der Waals surface area contributed by atoms with Crippen molar-refractivity contribution in [3.05, 3.63) is 48.5 Å². The average Bonchev–Trinajstić information content (AvgIpc) is 2.90. The smallest absolute Gasteiger partial charge is 0.295 e. The molecule has 0 spiro atoms. The van der Waals surface area contributed by atoms with Gasteiger partial charge in [-0.1, -0.05) is 12.1 Å². The van der Waals surface area contributed by atoms with Gasteiger partial charge in [0.1, 0.15) is 12.4 Å². The predicted octanol–water partition coefficient (Wildman–Crippen LogP) is 1.86. The van der Waals surface area contributed by atoms with E-state index in [0.29, 0.717) is 11.3 Å². The van der Waals surface area contributed by atoms with Gasteiger partial charge in [0.2, 0.25) is 0 Å². The van der Waals surface area contributed by atoms with Crippen LogP contribution in [0.4, 0.5) is 10.5 Å². The highest BCUT2D eigenvalue weighted by atomic mass is 16.2. The first-order valence-corrected chi connectivity index (χ1v) is 4.99. The third kappa shape index (κ3) is 2.01. The van der Waals surface area contributed by atoms with Crippen LogP contribution in [-0.2, 0) is 0 Å². The lowest BCUT2D eigenvalue weighted by Gasteiger charge is -2.18. The SMILES string of the molecule is CN(C(=O)n1ccnc1)c1ccccc1C#N. The molecule has 17 heavy (non-hydrogen) atoms. The molecule has 2 rings (SSSR count). The predicted molar refractivity (Wildman–Crippen MR) is 62.6 cm³/mol. The fraction of sp³-hybridized carbons (Fsp3) is 0.0833. The summed E-state index contributed by atoms with van der Waals surface area (Å²) in [6.45, 7) is 0. The van der Waals surface area contributed by atoms with Gasteiger partial charge < -0.3 is 0 Å². The maximum absolute atomic E-state index is 12.0. The second-order valence-electron chi connectivity index (χ2n) is 3.44. The third-order valence-corrected chi connectivity index (χ3v) is 2.40. The van der Waals surface area contributed by atoms with Gasteiger partial charge in [-0.15, -0.1) is 0 Å². The van der Waals surface area contributed by atoms with Crippen LogP contribution in [0, 0.1) is 11.3 Å². The summed E-state index contributed by atoms with van der Waals surface area (Å²) in [7, 11) is 1.62. The van der Waals surface area contributed by atoms with E-state index in [1.165, 1.54) is 22.0 Å². The molecule has 0 bridgehead atoms. The zero-order valence-electron chi connectivity index (χ0n) is 9.24. The van der Waals surface area contributed by atoms with Gasteiger partial charge in [0.05, 0.1) is 11.3 Å². The molecule has 5 nitrogen and oxygen atoms in total. The second-order valence-corrected chi connectivity index (χ2v) is 3.44. The van der Waals surface area contributed by atoms with Crippen molar-refractivity contribution in [3.63, 3.8) is 0 Å². The van der Waals surface area contributed by atoms with Gasteiger partial charge in [-0.05, 0) is 12.1 Å². The summed E-state index contributed by atoms with van der Waals surface area (Å²) in [5, 5.41) is 8.97. The maximum Gasteiger partial charge on any atom is 0.333 e. The lowest BCUT2D eigenvalue weighted by atomic mass is 10.2. The van der Waals surface area contributed by atoms with Crippen molar-refractivity contribution < 1.29 is 4.79 Å². The topological polar surface area (TPSA) is 61.9 Å². The number of nitriles is 1. The van der Waals surface area contributed by atoms with E-state index in [4.69, 9.17) is 5.26 Å². The Morgan fingerprint density at radius 1 is 1.47 bits per heavy atom. The molecule has 1 amide bonds. The van der Waals surface area contributed by atoms with Crippen LogP contribution in [0.15, 0.2) is 43.0 Å². The number of carbonyl (C=O) groups is 1. The van der Waals surface area contributed by atoms with E-state index < -0.39 is 0 Å². The Hall–Kier alpha value is -2.61. The molecule has 2 aromatic rings. The van der Waals surface area contributed by atoms with Crippen molar-refractivity contribution in [1.29, 1.82) is 5.26 Å². The quantitative estimate of drug-likeness (QED) is 0.745. The van der Waals surface area contributed by atoms with Crippen molar-refractivity contribution in [2.45, 2.75) is 0 Å². The Kier molecular flexibility index (Phi) is 2.88. The summed E-state index contributed by atoms with van der Waals surface area (Å²) in [6.07, 6.45) is 4.52.